The van der Waals surface area contributed by atoms with Gasteiger partial charge in [-0.25, -0.2) is 12.7 Å². The Morgan fingerprint density at radius 2 is 1.95 bits per heavy atom. The first-order chi connectivity index (χ1) is 9.61. The average molecular weight is 326 g/mol. The van der Waals surface area contributed by atoms with Crippen LogP contribution in [0.15, 0.2) is 23.1 Å². The van der Waals surface area contributed by atoms with E-state index in [1.54, 1.807) is 0 Å². The normalized spacial score (nSPS) is 12.7. The van der Waals surface area contributed by atoms with Gasteiger partial charge in [-0.2, -0.15) is 13.2 Å². The number of hydrogen-bond donors (Lipinski definition) is 1. The summed E-state index contributed by atoms with van der Waals surface area (Å²) >= 11 is 0. The van der Waals surface area contributed by atoms with E-state index in [-0.39, 0.29) is 17.2 Å². The maximum absolute atomic E-state index is 12.3. The van der Waals surface area contributed by atoms with Crippen molar-refractivity contribution in [2.24, 2.45) is 5.73 Å². The van der Waals surface area contributed by atoms with Gasteiger partial charge in [0.2, 0.25) is 10.0 Å². The molecule has 2 N–H and O–H groups in total. The van der Waals surface area contributed by atoms with Crippen molar-refractivity contribution in [1.82, 2.24) is 4.31 Å². The fourth-order valence-electron chi connectivity index (χ4n) is 1.62. The summed E-state index contributed by atoms with van der Waals surface area (Å²) < 4.78 is 66.8. The van der Waals surface area contributed by atoms with Gasteiger partial charge >= 0.3 is 6.18 Å². The van der Waals surface area contributed by atoms with E-state index >= 15 is 0 Å². The van der Waals surface area contributed by atoms with Crippen LogP contribution in [0.1, 0.15) is 12.0 Å². The Morgan fingerprint density at radius 1 is 1.33 bits per heavy atom. The fraction of sp³-hybridized carbons (Fsp3) is 0.500. The number of benzene rings is 1. The lowest BCUT2D eigenvalue weighted by molar-refractivity contribution is -0.135. The van der Waals surface area contributed by atoms with Crippen LogP contribution in [0.2, 0.25) is 0 Å². The van der Waals surface area contributed by atoms with Crippen LogP contribution in [0, 0.1) is 0 Å². The van der Waals surface area contributed by atoms with Crippen LogP contribution in [-0.2, 0) is 16.6 Å². The monoisotopic (exact) mass is 326 g/mol. The topological polar surface area (TPSA) is 72.6 Å². The quantitative estimate of drug-likeness (QED) is 0.864. The minimum atomic E-state index is -4.42. The molecule has 0 spiro atoms. The van der Waals surface area contributed by atoms with Gasteiger partial charge in [-0.3, -0.25) is 0 Å². The van der Waals surface area contributed by atoms with Crippen molar-refractivity contribution in [1.29, 1.82) is 0 Å². The minimum Gasteiger partial charge on any atom is -0.495 e. The molecule has 5 nitrogen and oxygen atoms in total. The Bertz CT molecular complexity index is 588. The molecule has 9 heteroatoms. The van der Waals surface area contributed by atoms with E-state index in [2.05, 4.69) is 0 Å². The number of methoxy groups -OCH3 is 1. The second-order valence-corrected chi connectivity index (χ2v) is 6.39. The Hall–Kier alpha value is -1.32. The van der Waals surface area contributed by atoms with Gasteiger partial charge in [0, 0.05) is 20.1 Å². The lowest BCUT2D eigenvalue weighted by atomic mass is 10.2. The summed E-state index contributed by atoms with van der Waals surface area (Å²) in [6.45, 7) is -0.464. The zero-order valence-electron chi connectivity index (χ0n) is 11.6. The van der Waals surface area contributed by atoms with Crippen molar-refractivity contribution in [2.75, 3.05) is 20.7 Å². The number of nitrogens with zero attached hydrogens (tertiary/aromatic N) is 1. The summed E-state index contributed by atoms with van der Waals surface area (Å²) in [5.41, 5.74) is 6.10. The standard InChI is InChI=1S/C12H17F3N2O3S/c1-17(6-5-12(13,14)15)21(18,19)11-4-3-9(8-16)7-10(11)20-2/h3-4,7H,5-6,8,16H2,1-2H3. The zero-order valence-corrected chi connectivity index (χ0v) is 12.5. The molecule has 1 aromatic carbocycles. The Balaban J connectivity index is 3.07. The van der Waals surface area contributed by atoms with E-state index in [0.717, 1.165) is 7.05 Å². The van der Waals surface area contributed by atoms with E-state index in [4.69, 9.17) is 10.5 Å². The lowest BCUT2D eigenvalue weighted by Gasteiger charge is -2.19. The molecule has 1 rings (SSSR count). The zero-order chi connectivity index (χ0) is 16.3. The molecule has 0 heterocycles. The van der Waals surface area contributed by atoms with E-state index < -0.39 is 29.2 Å². The molecule has 21 heavy (non-hydrogen) atoms. The van der Waals surface area contributed by atoms with Gasteiger partial charge in [0.05, 0.1) is 13.5 Å². The van der Waals surface area contributed by atoms with Crippen LogP contribution < -0.4 is 10.5 Å². The van der Waals surface area contributed by atoms with Crippen LogP contribution in [0.4, 0.5) is 13.2 Å². The highest BCUT2D eigenvalue weighted by Gasteiger charge is 2.31. The molecule has 0 fully saturated rings. The molecule has 1 aromatic rings. The molecule has 0 unspecified atom stereocenters. The van der Waals surface area contributed by atoms with E-state index in [9.17, 15) is 21.6 Å². The average Bonchev–Trinajstić information content (AvgIpc) is 2.42. The predicted molar refractivity (Wildman–Crippen MR) is 71.4 cm³/mol. The lowest BCUT2D eigenvalue weighted by Crippen LogP contribution is -2.31. The first-order valence-electron chi connectivity index (χ1n) is 6.02. The van der Waals surface area contributed by atoms with Gasteiger partial charge in [-0.1, -0.05) is 6.07 Å². The number of alkyl halides is 3. The first kappa shape index (κ1) is 17.7. The molecule has 0 aliphatic carbocycles. The molecular formula is C12H17F3N2O3S. The summed E-state index contributed by atoms with van der Waals surface area (Å²) in [6, 6.07) is 4.22. The summed E-state index contributed by atoms with van der Waals surface area (Å²) in [5.74, 6) is 0.0526. The van der Waals surface area contributed by atoms with Crippen LogP contribution in [0.25, 0.3) is 0 Å². The van der Waals surface area contributed by atoms with Crippen LogP contribution in [0.3, 0.4) is 0 Å². The molecule has 0 saturated carbocycles. The van der Waals surface area contributed by atoms with Gasteiger partial charge in [-0.05, 0) is 17.7 Å². The number of halogens is 3. The Kier molecular flexibility index (Phi) is 5.60. The van der Waals surface area contributed by atoms with Crippen molar-refractivity contribution < 1.29 is 26.3 Å². The number of rotatable bonds is 6. The molecule has 0 bridgehead atoms. The number of sulfonamides is 1. The molecule has 0 atom stereocenters. The summed E-state index contributed by atoms with van der Waals surface area (Å²) in [7, 11) is -1.68. The Morgan fingerprint density at radius 3 is 2.43 bits per heavy atom. The molecule has 0 aliphatic heterocycles. The van der Waals surface area contributed by atoms with Gasteiger partial charge in [-0.15, -0.1) is 0 Å². The summed E-state index contributed by atoms with van der Waals surface area (Å²) in [4.78, 5) is -0.188. The second-order valence-electron chi connectivity index (χ2n) is 4.38. The summed E-state index contributed by atoms with van der Waals surface area (Å²) in [6.07, 6.45) is -5.64. The molecular weight excluding hydrogens is 309 g/mol. The minimum absolute atomic E-state index is 0.0526. The predicted octanol–water partition coefficient (Wildman–Crippen LogP) is 1.73. The van der Waals surface area contributed by atoms with Crippen LogP contribution in [-0.4, -0.2) is 39.6 Å². The van der Waals surface area contributed by atoms with Gasteiger partial charge in [0.25, 0.3) is 0 Å². The van der Waals surface area contributed by atoms with E-state index in [1.165, 1.54) is 25.3 Å². The smallest absolute Gasteiger partial charge is 0.390 e. The van der Waals surface area contributed by atoms with E-state index in [1.807, 2.05) is 0 Å². The van der Waals surface area contributed by atoms with Gasteiger partial charge in [0.15, 0.2) is 0 Å². The third-order valence-corrected chi connectivity index (χ3v) is 4.76. The SMILES string of the molecule is COc1cc(CN)ccc1S(=O)(=O)N(C)CCC(F)(F)F. The van der Waals surface area contributed by atoms with Crippen LogP contribution in [0.5, 0.6) is 5.75 Å². The first-order valence-corrected chi connectivity index (χ1v) is 7.46. The maximum Gasteiger partial charge on any atom is 0.390 e. The van der Waals surface area contributed by atoms with Crippen molar-refractivity contribution in [3.05, 3.63) is 23.8 Å². The van der Waals surface area contributed by atoms with Crippen molar-refractivity contribution in [3.8, 4) is 5.75 Å². The van der Waals surface area contributed by atoms with Crippen molar-refractivity contribution in [3.63, 3.8) is 0 Å². The highest BCUT2D eigenvalue weighted by Crippen LogP contribution is 2.28. The third-order valence-electron chi connectivity index (χ3n) is 2.86. The molecule has 0 saturated heterocycles. The molecule has 0 amide bonds. The highest BCUT2D eigenvalue weighted by molar-refractivity contribution is 7.89. The Labute approximate surface area is 121 Å². The van der Waals surface area contributed by atoms with Crippen molar-refractivity contribution >= 4 is 10.0 Å². The maximum atomic E-state index is 12.3. The number of nitrogens with two attached hydrogens (primary N) is 1. The molecule has 0 radical (unpaired) electrons. The van der Waals surface area contributed by atoms with E-state index in [0.29, 0.717) is 9.87 Å². The van der Waals surface area contributed by atoms with Crippen LogP contribution >= 0.6 is 0 Å². The summed E-state index contributed by atoms with van der Waals surface area (Å²) in [5, 5.41) is 0. The highest BCUT2D eigenvalue weighted by atomic mass is 32.2. The number of hydrogen-bond acceptors (Lipinski definition) is 4. The molecule has 0 aromatic heterocycles. The largest absolute Gasteiger partial charge is 0.495 e. The second kappa shape index (κ2) is 6.63. The van der Waals surface area contributed by atoms with Crippen molar-refractivity contribution in [2.45, 2.75) is 24.0 Å². The van der Waals surface area contributed by atoms with Gasteiger partial charge < -0.3 is 10.5 Å². The molecule has 0 aliphatic rings. The number of ether oxygens (including phenoxy) is 1. The molecule has 120 valence electrons. The third kappa shape index (κ3) is 4.58. The van der Waals surface area contributed by atoms with Gasteiger partial charge in [0.1, 0.15) is 10.6 Å². The fourth-order valence-corrected chi connectivity index (χ4v) is 2.93.